The number of aromatic nitrogens is 1. The molecule has 1 aliphatic rings. The van der Waals surface area contributed by atoms with Crippen LogP contribution < -0.4 is 0 Å². The number of nitrogens with zero attached hydrogens (tertiary/aromatic N) is 1. The number of ketones is 1. The van der Waals surface area contributed by atoms with Crippen molar-refractivity contribution in [2.24, 2.45) is 11.8 Å². The maximum absolute atomic E-state index is 11.7. The molecule has 5 heteroatoms. The van der Waals surface area contributed by atoms with Gasteiger partial charge in [-0.25, -0.2) is 0 Å². The van der Waals surface area contributed by atoms with Gasteiger partial charge in [-0.1, -0.05) is 105 Å². The van der Waals surface area contributed by atoms with E-state index in [9.17, 15) is 9.90 Å². The predicted molar refractivity (Wildman–Crippen MR) is 234 cm³/mol. The fourth-order valence-electron chi connectivity index (χ4n) is 8.48. The Bertz CT molecular complexity index is 2370. The monoisotopic (exact) mass is 931 g/mol. The molecular formula is C50H60IrNO2S-. The summed E-state index contributed by atoms with van der Waals surface area (Å²) in [4.78, 5) is 16.7. The van der Waals surface area contributed by atoms with Gasteiger partial charge in [0.15, 0.2) is 5.78 Å². The van der Waals surface area contributed by atoms with E-state index in [0.29, 0.717) is 0 Å². The van der Waals surface area contributed by atoms with Crippen molar-refractivity contribution < 1.29 is 30.0 Å². The van der Waals surface area contributed by atoms with Gasteiger partial charge in [-0.15, -0.1) is 40.5 Å². The Kier molecular flexibility index (Phi) is 12.9. The van der Waals surface area contributed by atoms with Crippen molar-refractivity contribution in [3.05, 3.63) is 101 Å². The van der Waals surface area contributed by atoms with Crippen LogP contribution in [0.5, 0.6) is 0 Å². The molecule has 0 unspecified atom stereocenters. The summed E-state index contributed by atoms with van der Waals surface area (Å²) in [6.45, 7) is 24.6. The van der Waals surface area contributed by atoms with Crippen LogP contribution in [-0.4, -0.2) is 15.9 Å². The molecular weight excluding hydrogens is 871 g/mol. The molecule has 6 aromatic rings. The minimum Gasteiger partial charge on any atom is -0.512 e. The van der Waals surface area contributed by atoms with Gasteiger partial charge in [-0.2, -0.15) is 0 Å². The Hall–Kier alpha value is -3.37. The summed E-state index contributed by atoms with van der Waals surface area (Å²) < 4.78 is 2.73. The van der Waals surface area contributed by atoms with Crippen LogP contribution in [-0.2, 0) is 41.1 Å². The van der Waals surface area contributed by atoms with Crippen LogP contribution in [0.4, 0.5) is 0 Å². The van der Waals surface area contributed by atoms with E-state index >= 15 is 0 Å². The van der Waals surface area contributed by atoms with E-state index in [4.69, 9.17) is 4.98 Å². The van der Waals surface area contributed by atoms with E-state index in [1.165, 1.54) is 71.9 Å². The van der Waals surface area contributed by atoms with Gasteiger partial charge in [0.05, 0.1) is 5.76 Å². The van der Waals surface area contributed by atoms with Gasteiger partial charge in [0, 0.05) is 70.1 Å². The summed E-state index contributed by atoms with van der Waals surface area (Å²) in [6.07, 6.45) is 9.34. The number of pyridine rings is 1. The van der Waals surface area contributed by atoms with Crippen LogP contribution in [0.2, 0.25) is 0 Å². The topological polar surface area (TPSA) is 50.2 Å². The first-order valence-electron chi connectivity index (χ1n) is 20.2. The van der Waals surface area contributed by atoms with Crippen LogP contribution in [0.15, 0.2) is 78.7 Å². The summed E-state index contributed by atoms with van der Waals surface area (Å²) >= 11 is 1.93. The SMILES string of the molecule is CC(C)(C)c1cc(-c2nccc3cc4c(cc23)sc2cc3c(cc24)C(C)(C)CCC3(C)C)[c-]c2ccccc12.CCC(CC)C(=O)/C=C(\O)C(CC)CC.[Ir]. The Morgan fingerprint density at radius 2 is 1.38 bits per heavy atom. The van der Waals surface area contributed by atoms with Crippen molar-refractivity contribution in [3.8, 4) is 11.3 Å². The summed E-state index contributed by atoms with van der Waals surface area (Å²) in [7, 11) is 0. The molecule has 55 heavy (non-hydrogen) atoms. The Morgan fingerprint density at radius 3 is 2.00 bits per heavy atom. The second-order valence-corrected chi connectivity index (χ2v) is 19.0. The number of allylic oxidation sites excluding steroid dienone is 2. The molecule has 0 atom stereocenters. The van der Waals surface area contributed by atoms with Crippen molar-refractivity contribution >= 4 is 58.8 Å². The average molecular weight is 931 g/mol. The number of rotatable bonds is 8. The summed E-state index contributed by atoms with van der Waals surface area (Å²) in [5.74, 6) is 0.547. The third-order valence-electron chi connectivity index (χ3n) is 12.2. The van der Waals surface area contributed by atoms with Crippen LogP contribution >= 0.6 is 11.3 Å². The van der Waals surface area contributed by atoms with Crippen molar-refractivity contribution in [3.63, 3.8) is 0 Å². The first-order chi connectivity index (χ1) is 25.5. The van der Waals surface area contributed by atoms with Crippen LogP contribution in [0.3, 0.4) is 0 Å². The molecule has 4 aromatic carbocycles. The van der Waals surface area contributed by atoms with Gasteiger partial charge < -0.3 is 5.11 Å². The molecule has 1 N–H and O–H groups in total. The minimum absolute atomic E-state index is 0. The van der Waals surface area contributed by atoms with Crippen molar-refractivity contribution in [1.82, 2.24) is 4.98 Å². The molecule has 2 heterocycles. The van der Waals surface area contributed by atoms with Crippen molar-refractivity contribution in [2.45, 2.75) is 131 Å². The molecule has 0 spiro atoms. The van der Waals surface area contributed by atoms with Gasteiger partial charge in [0.25, 0.3) is 0 Å². The van der Waals surface area contributed by atoms with E-state index < -0.39 is 0 Å². The van der Waals surface area contributed by atoms with Gasteiger partial charge in [0.2, 0.25) is 0 Å². The van der Waals surface area contributed by atoms with E-state index in [0.717, 1.165) is 42.3 Å². The number of hydrogen-bond donors (Lipinski definition) is 1. The van der Waals surface area contributed by atoms with Crippen LogP contribution in [0.25, 0.3) is 53.0 Å². The second kappa shape index (κ2) is 16.6. The number of benzene rings is 4. The molecule has 3 nitrogen and oxygen atoms in total. The minimum atomic E-state index is 0. The fourth-order valence-corrected chi connectivity index (χ4v) is 9.62. The molecule has 0 amide bonds. The number of carbonyl (C=O) groups is 1. The quantitative estimate of drug-likeness (QED) is 0.0940. The summed E-state index contributed by atoms with van der Waals surface area (Å²) in [5.41, 5.74) is 6.93. The van der Waals surface area contributed by atoms with Crippen molar-refractivity contribution in [2.75, 3.05) is 0 Å². The smallest absolute Gasteiger partial charge is 0.162 e. The number of fused-ring (bicyclic) bond motifs is 6. The Balaban J connectivity index is 0.000000311. The first kappa shape index (κ1) is 42.8. The standard InChI is InChI=1S/C37H36NS.C13H24O2.Ir/c1-35(2,3)29-18-24(16-22-10-8-9-11-25(22)29)34-26-20-32-27(17-23(26)12-15-38-34)28-19-30-31(21-33(28)39-32)37(6,7)14-13-36(30,4)5;1-5-10(6-2)12(14)9-13(15)11(7-3)8-4;/h8-12,15,17-21H,13-14H2,1-7H3;9-11,14H,5-8H2,1-4H3;/q-1;;/b;12-9-;. The molecule has 0 bridgehead atoms. The van der Waals surface area contributed by atoms with E-state index in [1.54, 1.807) is 0 Å². The zero-order valence-corrected chi connectivity index (χ0v) is 38.1. The number of aliphatic hydroxyl groups is 1. The zero-order chi connectivity index (χ0) is 39.2. The van der Waals surface area contributed by atoms with Crippen molar-refractivity contribution in [1.29, 1.82) is 0 Å². The number of carbonyl (C=O) groups excluding carboxylic acids is 1. The van der Waals surface area contributed by atoms with E-state index in [-0.39, 0.29) is 59.7 Å². The molecule has 0 saturated carbocycles. The second-order valence-electron chi connectivity index (χ2n) is 17.9. The molecule has 0 aliphatic heterocycles. The van der Waals surface area contributed by atoms with E-state index in [1.807, 2.05) is 45.2 Å². The molecule has 1 aliphatic carbocycles. The molecule has 1 radical (unpaired) electrons. The van der Waals surface area contributed by atoms with Crippen LogP contribution in [0.1, 0.15) is 131 Å². The van der Waals surface area contributed by atoms with Gasteiger partial charge in [0.1, 0.15) is 0 Å². The number of aliphatic hydroxyl groups excluding tert-OH is 1. The third kappa shape index (κ3) is 8.51. The molecule has 293 valence electrons. The Morgan fingerprint density at radius 1 is 0.800 bits per heavy atom. The molecule has 0 saturated heterocycles. The van der Waals surface area contributed by atoms with Gasteiger partial charge >= 0.3 is 0 Å². The maximum Gasteiger partial charge on any atom is 0.162 e. The predicted octanol–water partition coefficient (Wildman–Crippen LogP) is 14.7. The summed E-state index contributed by atoms with van der Waals surface area (Å²) in [6, 6.07) is 26.6. The largest absolute Gasteiger partial charge is 0.512 e. The number of hydrogen-bond acceptors (Lipinski definition) is 4. The normalized spacial score (nSPS) is 15.3. The first-order valence-corrected chi connectivity index (χ1v) is 21.0. The fraction of sp³-hybridized carbons (Fsp3) is 0.440. The zero-order valence-electron chi connectivity index (χ0n) is 34.9. The molecule has 2 aromatic heterocycles. The number of thiophene rings is 1. The summed E-state index contributed by atoms with van der Waals surface area (Å²) in [5, 5.41) is 17.4. The van der Waals surface area contributed by atoms with Crippen LogP contribution in [0, 0.1) is 17.9 Å². The Labute approximate surface area is 347 Å². The molecule has 7 rings (SSSR count). The maximum atomic E-state index is 11.7. The van der Waals surface area contributed by atoms with Gasteiger partial charge in [-0.3, -0.25) is 9.78 Å². The van der Waals surface area contributed by atoms with Gasteiger partial charge in [-0.05, 0) is 107 Å². The molecule has 0 fully saturated rings. The van der Waals surface area contributed by atoms with E-state index in [2.05, 4.69) is 115 Å². The average Bonchev–Trinajstić information content (AvgIpc) is 3.49. The third-order valence-corrected chi connectivity index (χ3v) is 13.4.